The molecule has 0 radical (unpaired) electrons. The Hall–Kier alpha value is -0.0800. The van der Waals surface area contributed by atoms with Gasteiger partial charge in [-0.25, -0.2) is 0 Å². The minimum atomic E-state index is -0.250. The van der Waals surface area contributed by atoms with Gasteiger partial charge in [-0.2, -0.15) is 0 Å². The molecule has 1 aliphatic rings. The van der Waals surface area contributed by atoms with E-state index >= 15 is 0 Å². The quantitative estimate of drug-likeness (QED) is 0.731. The predicted molar refractivity (Wildman–Crippen MR) is 60.3 cm³/mol. The molecule has 0 aromatic carbocycles. The van der Waals surface area contributed by atoms with Crippen molar-refractivity contribution in [1.29, 1.82) is 0 Å². The molecule has 1 rings (SSSR count). The summed E-state index contributed by atoms with van der Waals surface area (Å²) in [6.45, 7) is 8.60. The molecule has 1 saturated carbocycles. The lowest BCUT2D eigenvalue weighted by atomic mass is 9.75. The third-order valence-corrected chi connectivity index (χ3v) is 3.43. The lowest BCUT2D eigenvalue weighted by molar-refractivity contribution is 0.123. The second-order valence-corrected chi connectivity index (χ2v) is 5.65. The summed E-state index contributed by atoms with van der Waals surface area (Å²) in [7, 11) is 0. The topological polar surface area (TPSA) is 32.3 Å². The maximum Gasteiger partial charge on any atom is 0.0662 e. The molecule has 2 heteroatoms. The number of nitrogens with one attached hydrogen (secondary N) is 1. The van der Waals surface area contributed by atoms with Crippen LogP contribution in [-0.2, 0) is 0 Å². The SMILES string of the molecule is CC(O)C(C)NC1CCCC(C)(C)C1. The monoisotopic (exact) mass is 199 g/mol. The first-order valence-electron chi connectivity index (χ1n) is 5.85. The molecule has 0 aromatic heterocycles. The van der Waals surface area contributed by atoms with Gasteiger partial charge in [-0.1, -0.05) is 20.3 Å². The summed E-state index contributed by atoms with van der Waals surface area (Å²) in [6, 6.07) is 0.817. The fraction of sp³-hybridized carbons (Fsp3) is 1.00. The minimum absolute atomic E-state index is 0.217. The number of rotatable bonds is 3. The highest BCUT2D eigenvalue weighted by Gasteiger charge is 2.28. The van der Waals surface area contributed by atoms with E-state index in [0.717, 1.165) is 0 Å². The fourth-order valence-corrected chi connectivity index (χ4v) is 2.35. The van der Waals surface area contributed by atoms with Gasteiger partial charge < -0.3 is 10.4 Å². The molecule has 1 aliphatic carbocycles. The molecule has 0 bridgehead atoms. The van der Waals surface area contributed by atoms with E-state index in [2.05, 4.69) is 26.1 Å². The molecule has 1 fully saturated rings. The van der Waals surface area contributed by atoms with Crippen LogP contribution in [0.2, 0.25) is 0 Å². The molecular weight excluding hydrogens is 174 g/mol. The van der Waals surface area contributed by atoms with Gasteiger partial charge in [0.05, 0.1) is 6.10 Å². The van der Waals surface area contributed by atoms with Crippen molar-refractivity contribution in [1.82, 2.24) is 5.32 Å². The van der Waals surface area contributed by atoms with E-state index in [1.807, 2.05) is 6.92 Å². The predicted octanol–water partition coefficient (Wildman–Crippen LogP) is 2.31. The maximum atomic E-state index is 9.42. The van der Waals surface area contributed by atoms with E-state index in [-0.39, 0.29) is 12.1 Å². The highest BCUT2D eigenvalue weighted by Crippen LogP contribution is 2.35. The standard InChI is InChI=1S/C12H25NO/c1-9(10(2)14)13-11-6-5-7-12(3,4)8-11/h9-11,13-14H,5-8H2,1-4H3. The Morgan fingerprint density at radius 3 is 2.50 bits per heavy atom. The Morgan fingerprint density at radius 2 is 2.00 bits per heavy atom. The summed E-state index contributed by atoms with van der Waals surface area (Å²) >= 11 is 0. The van der Waals surface area contributed by atoms with E-state index in [1.54, 1.807) is 0 Å². The largest absolute Gasteiger partial charge is 0.392 e. The van der Waals surface area contributed by atoms with Crippen molar-refractivity contribution in [3.05, 3.63) is 0 Å². The molecule has 14 heavy (non-hydrogen) atoms. The third-order valence-electron chi connectivity index (χ3n) is 3.43. The van der Waals surface area contributed by atoms with Crippen LogP contribution in [0, 0.1) is 5.41 Å². The van der Waals surface area contributed by atoms with Gasteiger partial charge in [-0.3, -0.25) is 0 Å². The summed E-state index contributed by atoms with van der Waals surface area (Å²) in [4.78, 5) is 0. The summed E-state index contributed by atoms with van der Waals surface area (Å²) in [5, 5.41) is 12.9. The van der Waals surface area contributed by atoms with Gasteiger partial charge in [0.15, 0.2) is 0 Å². The minimum Gasteiger partial charge on any atom is -0.392 e. The Morgan fingerprint density at radius 1 is 1.36 bits per heavy atom. The van der Waals surface area contributed by atoms with Crippen LogP contribution in [0.25, 0.3) is 0 Å². The molecule has 0 aromatic rings. The second-order valence-electron chi connectivity index (χ2n) is 5.65. The highest BCUT2D eigenvalue weighted by molar-refractivity contribution is 4.85. The Bertz CT molecular complexity index is 177. The molecule has 2 N–H and O–H groups in total. The van der Waals surface area contributed by atoms with Gasteiger partial charge in [0.1, 0.15) is 0 Å². The van der Waals surface area contributed by atoms with Crippen LogP contribution in [0.3, 0.4) is 0 Å². The van der Waals surface area contributed by atoms with Crippen LogP contribution in [0.5, 0.6) is 0 Å². The average molecular weight is 199 g/mol. The summed E-state index contributed by atoms with van der Waals surface area (Å²) in [5.41, 5.74) is 0.480. The van der Waals surface area contributed by atoms with Crippen molar-refractivity contribution in [3.8, 4) is 0 Å². The van der Waals surface area contributed by atoms with Crippen LogP contribution in [0.4, 0.5) is 0 Å². The van der Waals surface area contributed by atoms with Gasteiger partial charge >= 0.3 is 0 Å². The first-order valence-corrected chi connectivity index (χ1v) is 5.85. The number of hydrogen-bond donors (Lipinski definition) is 2. The molecule has 2 nitrogen and oxygen atoms in total. The number of hydrogen-bond acceptors (Lipinski definition) is 2. The number of aliphatic hydroxyl groups is 1. The van der Waals surface area contributed by atoms with Crippen molar-refractivity contribution in [3.63, 3.8) is 0 Å². The Labute approximate surface area is 88.1 Å². The van der Waals surface area contributed by atoms with Crippen LogP contribution < -0.4 is 5.32 Å². The van der Waals surface area contributed by atoms with Gasteiger partial charge in [-0.05, 0) is 38.5 Å². The van der Waals surface area contributed by atoms with Gasteiger partial charge in [0.2, 0.25) is 0 Å². The smallest absolute Gasteiger partial charge is 0.0662 e. The second kappa shape index (κ2) is 4.63. The molecule has 3 atom stereocenters. The molecule has 0 saturated heterocycles. The lowest BCUT2D eigenvalue weighted by Gasteiger charge is -2.37. The Balaban J connectivity index is 2.38. The van der Waals surface area contributed by atoms with Crippen molar-refractivity contribution in [2.75, 3.05) is 0 Å². The van der Waals surface area contributed by atoms with Crippen molar-refractivity contribution in [2.45, 2.75) is 71.6 Å². The van der Waals surface area contributed by atoms with Crippen LogP contribution in [0.1, 0.15) is 53.4 Å². The molecule has 0 aliphatic heterocycles. The molecule has 84 valence electrons. The van der Waals surface area contributed by atoms with Crippen LogP contribution in [-0.4, -0.2) is 23.3 Å². The average Bonchev–Trinajstić information content (AvgIpc) is 2.01. The van der Waals surface area contributed by atoms with Gasteiger partial charge in [0, 0.05) is 12.1 Å². The van der Waals surface area contributed by atoms with Gasteiger partial charge in [0.25, 0.3) is 0 Å². The van der Waals surface area contributed by atoms with E-state index < -0.39 is 0 Å². The zero-order valence-corrected chi connectivity index (χ0v) is 10.0. The zero-order valence-electron chi connectivity index (χ0n) is 10.0. The molecule has 0 amide bonds. The normalized spacial score (nSPS) is 31.1. The van der Waals surface area contributed by atoms with E-state index in [1.165, 1.54) is 25.7 Å². The van der Waals surface area contributed by atoms with E-state index in [4.69, 9.17) is 0 Å². The molecule has 0 heterocycles. The third kappa shape index (κ3) is 3.58. The van der Waals surface area contributed by atoms with Crippen LogP contribution >= 0.6 is 0 Å². The Kier molecular flexibility index (Phi) is 3.96. The van der Waals surface area contributed by atoms with E-state index in [0.29, 0.717) is 11.5 Å². The van der Waals surface area contributed by atoms with Crippen molar-refractivity contribution in [2.24, 2.45) is 5.41 Å². The lowest BCUT2D eigenvalue weighted by Crippen LogP contribution is -2.45. The van der Waals surface area contributed by atoms with Crippen molar-refractivity contribution >= 4 is 0 Å². The summed E-state index contributed by atoms with van der Waals surface area (Å²) < 4.78 is 0. The fourth-order valence-electron chi connectivity index (χ4n) is 2.35. The maximum absolute atomic E-state index is 9.42. The first kappa shape index (κ1) is 12.0. The van der Waals surface area contributed by atoms with Crippen LogP contribution in [0.15, 0.2) is 0 Å². The zero-order chi connectivity index (χ0) is 10.8. The molecule has 3 unspecified atom stereocenters. The first-order chi connectivity index (χ1) is 6.41. The molecule has 0 spiro atoms. The number of aliphatic hydroxyl groups excluding tert-OH is 1. The van der Waals surface area contributed by atoms with Crippen molar-refractivity contribution < 1.29 is 5.11 Å². The molecular formula is C12H25NO. The van der Waals surface area contributed by atoms with Gasteiger partial charge in [-0.15, -0.1) is 0 Å². The van der Waals surface area contributed by atoms with E-state index in [9.17, 15) is 5.11 Å². The highest BCUT2D eigenvalue weighted by atomic mass is 16.3. The summed E-state index contributed by atoms with van der Waals surface area (Å²) in [5.74, 6) is 0. The summed E-state index contributed by atoms with van der Waals surface area (Å²) in [6.07, 6.45) is 4.91.